The number of benzene rings is 4. The number of amides is 1. The molecule has 11 heteroatoms. The normalized spacial score (nSPS) is 11.8. The third-order valence-corrected chi connectivity index (χ3v) is 11.0. The first-order valence-corrected chi connectivity index (χ1v) is 16.5. The minimum atomic E-state index is -5.06. The number of halogens is 6. The van der Waals surface area contributed by atoms with Gasteiger partial charge in [0.2, 0.25) is 0 Å². The van der Waals surface area contributed by atoms with Crippen molar-refractivity contribution in [1.82, 2.24) is 0 Å². The van der Waals surface area contributed by atoms with Crippen LogP contribution in [0.4, 0.5) is 18.9 Å². The van der Waals surface area contributed by atoms with Crippen molar-refractivity contribution in [2.45, 2.75) is 40.3 Å². The molecular weight excluding hydrogens is 892 g/mol. The number of carbonyl (C=O) groups excluding carboxylic acids is 2. The van der Waals surface area contributed by atoms with Gasteiger partial charge in [0.15, 0.2) is 14.7 Å². The van der Waals surface area contributed by atoms with E-state index in [0.717, 1.165) is 10.5 Å². The van der Waals surface area contributed by atoms with Gasteiger partial charge in [-0.1, -0.05) is 48.5 Å². The van der Waals surface area contributed by atoms with E-state index < -0.39 is 23.7 Å². The van der Waals surface area contributed by atoms with Crippen LogP contribution in [-0.4, -0.2) is 18.1 Å². The lowest BCUT2D eigenvalue weighted by molar-refractivity contribution is -0.167. The van der Waals surface area contributed by atoms with E-state index in [2.05, 4.69) is 24.3 Å². The largest absolute Gasteiger partial charge is 0.471 e. The first-order chi connectivity index (χ1) is 19.3. The van der Waals surface area contributed by atoms with E-state index in [1.54, 1.807) is 36.4 Å². The molecule has 1 N–H and O–H groups in total. The SMILES string of the molecule is CC(C)(OC(=O)c1c(I)cc(I)c(NC(=O)C(F)(F)F)c1I)c1ccc([S+](c2ccccc2)c2ccccc2)cc1. The smallest absolute Gasteiger partial charge is 0.451 e. The molecule has 0 heterocycles. The summed E-state index contributed by atoms with van der Waals surface area (Å²) in [6.45, 7) is 3.51. The fourth-order valence-electron chi connectivity index (χ4n) is 3.93. The van der Waals surface area contributed by atoms with Gasteiger partial charge in [0.25, 0.3) is 0 Å². The van der Waals surface area contributed by atoms with Crippen LogP contribution in [-0.2, 0) is 26.0 Å². The monoisotopic (exact) mass is 914 g/mol. The number of esters is 1. The van der Waals surface area contributed by atoms with Crippen molar-refractivity contribution in [1.29, 1.82) is 0 Å². The molecule has 0 saturated heterocycles. The summed E-state index contributed by atoms with van der Waals surface area (Å²) >= 11 is 5.53. The first kappa shape index (κ1) is 32.1. The van der Waals surface area contributed by atoms with E-state index in [1.165, 1.54) is 15.9 Å². The van der Waals surface area contributed by atoms with Gasteiger partial charge in [0.05, 0.1) is 25.7 Å². The molecule has 4 aromatic rings. The number of nitrogens with one attached hydrogen (secondary N) is 1. The van der Waals surface area contributed by atoms with E-state index in [0.29, 0.717) is 7.14 Å². The van der Waals surface area contributed by atoms with Crippen molar-refractivity contribution in [2.75, 3.05) is 5.32 Å². The topological polar surface area (TPSA) is 55.4 Å². The second-order valence-electron chi connectivity index (χ2n) is 9.21. The summed E-state index contributed by atoms with van der Waals surface area (Å²) in [5.74, 6) is -2.82. The molecule has 0 fully saturated rings. The van der Waals surface area contributed by atoms with Gasteiger partial charge in [-0.25, -0.2) is 4.79 Å². The zero-order valence-electron chi connectivity index (χ0n) is 21.6. The fraction of sp³-hybridized carbons (Fsp3) is 0.133. The lowest BCUT2D eigenvalue weighted by atomic mass is 9.98. The third kappa shape index (κ3) is 7.57. The van der Waals surface area contributed by atoms with Crippen LogP contribution < -0.4 is 5.32 Å². The van der Waals surface area contributed by atoms with Gasteiger partial charge < -0.3 is 10.1 Å². The highest BCUT2D eigenvalue weighted by molar-refractivity contribution is 14.1. The molecule has 0 spiro atoms. The highest BCUT2D eigenvalue weighted by Gasteiger charge is 2.40. The molecule has 0 bridgehead atoms. The number of hydrogen-bond acceptors (Lipinski definition) is 3. The van der Waals surface area contributed by atoms with Crippen molar-refractivity contribution >= 4 is 96.2 Å². The summed E-state index contributed by atoms with van der Waals surface area (Å²) in [6.07, 6.45) is -5.06. The van der Waals surface area contributed by atoms with E-state index in [9.17, 15) is 22.8 Å². The van der Waals surface area contributed by atoms with Crippen LogP contribution >= 0.6 is 67.8 Å². The van der Waals surface area contributed by atoms with E-state index in [1.807, 2.05) is 111 Å². The Kier molecular flexibility index (Phi) is 10.3. The standard InChI is InChI=1S/C30H21F3I3NO3S/c1-29(2,40-27(38)24-22(34)17-23(35)26(25(24)36)37-28(39)30(31,32)33)18-13-15-21(16-14-18)41(19-9-5-3-6-10-19)20-11-7-4-8-12-20/h3-17H,1-2H3/p+1. The number of carbonyl (C=O) groups is 2. The Morgan fingerprint density at radius 1 is 0.756 bits per heavy atom. The van der Waals surface area contributed by atoms with Crippen LogP contribution in [0.5, 0.6) is 0 Å². The second-order valence-corrected chi connectivity index (χ2v) is 14.6. The molecule has 4 aromatic carbocycles. The molecule has 0 radical (unpaired) electrons. The predicted octanol–water partition coefficient (Wildman–Crippen LogP) is 9.19. The average molecular weight is 914 g/mol. The second kappa shape index (κ2) is 13.2. The molecule has 4 nitrogen and oxygen atoms in total. The highest BCUT2D eigenvalue weighted by atomic mass is 127. The van der Waals surface area contributed by atoms with Gasteiger partial charge in [0.1, 0.15) is 5.60 Å². The maximum Gasteiger partial charge on any atom is 0.471 e. The predicted molar refractivity (Wildman–Crippen MR) is 179 cm³/mol. The summed E-state index contributed by atoms with van der Waals surface area (Å²) in [7, 11) is -0.338. The molecule has 0 atom stereocenters. The van der Waals surface area contributed by atoms with Crippen LogP contribution in [0, 0.1) is 10.7 Å². The van der Waals surface area contributed by atoms with Crippen molar-refractivity contribution in [3.63, 3.8) is 0 Å². The van der Waals surface area contributed by atoms with Gasteiger partial charge >= 0.3 is 18.1 Å². The maximum atomic E-state index is 13.4. The van der Waals surface area contributed by atoms with Crippen LogP contribution in [0.15, 0.2) is 106 Å². The molecule has 0 aliphatic rings. The zero-order valence-corrected chi connectivity index (χ0v) is 28.9. The molecule has 0 saturated carbocycles. The van der Waals surface area contributed by atoms with Crippen molar-refractivity contribution in [2.24, 2.45) is 0 Å². The lowest BCUT2D eigenvalue weighted by Gasteiger charge is -2.27. The number of anilines is 1. The first-order valence-electron chi connectivity index (χ1n) is 12.0. The molecule has 0 aliphatic carbocycles. The quantitative estimate of drug-likeness (QED) is 0.114. The van der Waals surface area contributed by atoms with Crippen LogP contribution in [0.3, 0.4) is 0 Å². The molecule has 41 heavy (non-hydrogen) atoms. The van der Waals surface area contributed by atoms with Gasteiger partial charge in [0, 0.05) is 7.14 Å². The van der Waals surface area contributed by atoms with E-state index in [-0.39, 0.29) is 25.7 Å². The number of alkyl halides is 3. The summed E-state index contributed by atoms with van der Waals surface area (Å²) in [4.78, 5) is 28.5. The number of ether oxygens (including phenoxy) is 1. The van der Waals surface area contributed by atoms with Gasteiger partial charge in [-0.2, -0.15) is 13.2 Å². The van der Waals surface area contributed by atoms with Crippen LogP contribution in [0.1, 0.15) is 29.8 Å². The Hall–Kier alpha value is -1.85. The molecule has 212 valence electrons. The lowest BCUT2D eigenvalue weighted by Crippen LogP contribution is -2.31. The maximum absolute atomic E-state index is 13.4. The number of rotatable bonds is 7. The summed E-state index contributed by atoms with van der Waals surface area (Å²) < 4.78 is 45.7. The fourth-order valence-corrected chi connectivity index (χ4v) is 10.1. The Morgan fingerprint density at radius 2 is 1.24 bits per heavy atom. The molecule has 0 aliphatic heterocycles. The van der Waals surface area contributed by atoms with Gasteiger partial charge in [-0.3, -0.25) is 4.79 Å². The van der Waals surface area contributed by atoms with Crippen molar-refractivity contribution in [3.8, 4) is 0 Å². The Labute approximate surface area is 279 Å². The van der Waals surface area contributed by atoms with Gasteiger partial charge in [-0.15, -0.1) is 0 Å². The van der Waals surface area contributed by atoms with Gasteiger partial charge in [-0.05, 0) is 130 Å². The Morgan fingerprint density at radius 3 is 1.73 bits per heavy atom. The van der Waals surface area contributed by atoms with E-state index in [4.69, 9.17) is 4.74 Å². The Balaban J connectivity index is 1.62. The molecular formula is C30H22F3I3NO3S+. The minimum Gasteiger partial charge on any atom is -0.451 e. The molecule has 4 rings (SSSR count). The van der Waals surface area contributed by atoms with E-state index >= 15 is 0 Å². The average Bonchev–Trinajstić information content (AvgIpc) is 2.91. The zero-order chi connectivity index (χ0) is 29.9. The van der Waals surface area contributed by atoms with Crippen LogP contribution in [0.25, 0.3) is 0 Å². The minimum absolute atomic E-state index is 0.0862. The third-order valence-electron chi connectivity index (χ3n) is 5.96. The summed E-state index contributed by atoms with van der Waals surface area (Å²) in [5, 5.41) is 1.89. The molecule has 0 aromatic heterocycles. The Bertz CT molecular complexity index is 1530. The van der Waals surface area contributed by atoms with Crippen LogP contribution in [0.2, 0.25) is 0 Å². The van der Waals surface area contributed by atoms with Crippen molar-refractivity contribution < 1.29 is 27.5 Å². The molecule has 1 amide bonds. The van der Waals surface area contributed by atoms with Crippen molar-refractivity contribution in [3.05, 3.63) is 113 Å². The highest BCUT2D eigenvalue weighted by Crippen LogP contribution is 2.36. The summed E-state index contributed by atoms with van der Waals surface area (Å²) in [6, 6.07) is 29.9. The molecule has 0 unspecified atom stereocenters. The number of hydrogen-bond donors (Lipinski definition) is 1. The summed E-state index contributed by atoms with van der Waals surface area (Å²) in [5.41, 5.74) is -0.307.